The average Bonchev–Trinajstić information content (AvgIpc) is 2.51. The predicted molar refractivity (Wildman–Crippen MR) is 88.1 cm³/mol. The third-order valence-electron chi connectivity index (χ3n) is 3.52. The topological polar surface area (TPSA) is 40.5 Å². The van der Waals surface area contributed by atoms with Crippen molar-refractivity contribution in [1.82, 2.24) is 0 Å². The van der Waals surface area contributed by atoms with E-state index in [1.165, 1.54) is 0 Å². The van der Waals surface area contributed by atoms with E-state index in [1.807, 2.05) is 36.4 Å². The maximum Gasteiger partial charge on any atom is 0.173 e. The van der Waals surface area contributed by atoms with Crippen LogP contribution in [0.5, 0.6) is 5.75 Å². The van der Waals surface area contributed by atoms with Crippen molar-refractivity contribution in [2.24, 2.45) is 0 Å². The quantitative estimate of drug-likeness (QED) is 0.755. The molecule has 0 heterocycles. The SMILES string of the molecule is CC(O)CCCC=Cc1ccc(-c2ccccc2)c(F)c1O. The lowest BCUT2D eigenvalue weighted by atomic mass is 10.0. The molecule has 0 saturated heterocycles. The number of phenolic OH excluding ortho intramolecular Hbond substituents is 1. The standard InChI is InChI=1S/C19H21FO2/c1-14(21)8-4-2-7-11-16-12-13-17(18(20)19(16)22)15-9-5-3-6-10-15/h3,5-7,9-14,21-22H,2,4,8H2,1H3. The normalized spacial score (nSPS) is 12.7. The summed E-state index contributed by atoms with van der Waals surface area (Å²) in [7, 11) is 0. The maximum atomic E-state index is 14.3. The van der Waals surface area contributed by atoms with Gasteiger partial charge in [-0.05, 0) is 31.7 Å². The molecule has 0 aliphatic carbocycles. The molecule has 2 rings (SSSR count). The molecule has 2 nitrogen and oxygen atoms in total. The second kappa shape index (κ2) is 7.76. The van der Waals surface area contributed by atoms with Gasteiger partial charge in [-0.25, -0.2) is 4.39 Å². The number of phenols is 1. The Labute approximate surface area is 130 Å². The molecule has 0 aromatic heterocycles. The summed E-state index contributed by atoms with van der Waals surface area (Å²) in [6.07, 6.45) is 5.68. The largest absolute Gasteiger partial charge is 0.504 e. The Morgan fingerprint density at radius 1 is 1.14 bits per heavy atom. The summed E-state index contributed by atoms with van der Waals surface area (Å²) in [5, 5.41) is 19.2. The molecule has 0 aliphatic heterocycles. The molecule has 2 aromatic rings. The Bertz CT molecular complexity index is 633. The van der Waals surface area contributed by atoms with Gasteiger partial charge in [0.05, 0.1) is 6.10 Å². The van der Waals surface area contributed by atoms with E-state index >= 15 is 0 Å². The van der Waals surface area contributed by atoms with E-state index < -0.39 is 5.82 Å². The van der Waals surface area contributed by atoms with E-state index in [4.69, 9.17) is 0 Å². The van der Waals surface area contributed by atoms with Crippen molar-refractivity contribution in [3.05, 3.63) is 59.9 Å². The fraction of sp³-hybridized carbons (Fsp3) is 0.263. The first-order valence-corrected chi connectivity index (χ1v) is 7.51. The summed E-state index contributed by atoms with van der Waals surface area (Å²) in [6, 6.07) is 12.5. The Morgan fingerprint density at radius 2 is 1.86 bits per heavy atom. The minimum Gasteiger partial charge on any atom is -0.504 e. The molecule has 2 N–H and O–H groups in total. The summed E-state index contributed by atoms with van der Waals surface area (Å²) in [5.74, 6) is -0.926. The number of aromatic hydroxyl groups is 1. The van der Waals surface area contributed by atoms with Crippen LogP contribution in [0.1, 0.15) is 31.7 Å². The third-order valence-corrected chi connectivity index (χ3v) is 3.52. The van der Waals surface area contributed by atoms with Crippen LogP contribution in [-0.4, -0.2) is 16.3 Å². The number of aliphatic hydroxyl groups excluding tert-OH is 1. The number of halogens is 1. The summed E-state index contributed by atoms with van der Waals surface area (Å²) >= 11 is 0. The first kappa shape index (κ1) is 16.2. The minimum atomic E-state index is -0.600. The Hall–Kier alpha value is -2.13. The van der Waals surface area contributed by atoms with Crippen molar-refractivity contribution < 1.29 is 14.6 Å². The first-order valence-electron chi connectivity index (χ1n) is 7.51. The second-order valence-electron chi connectivity index (χ2n) is 5.41. The number of hydrogen-bond acceptors (Lipinski definition) is 2. The van der Waals surface area contributed by atoms with Gasteiger partial charge in [0.2, 0.25) is 0 Å². The first-order chi connectivity index (χ1) is 10.6. The van der Waals surface area contributed by atoms with Crippen molar-refractivity contribution in [3.8, 4) is 16.9 Å². The molecular weight excluding hydrogens is 279 g/mol. The van der Waals surface area contributed by atoms with Gasteiger partial charge in [-0.1, -0.05) is 54.6 Å². The van der Waals surface area contributed by atoms with Gasteiger partial charge in [0.1, 0.15) is 0 Å². The van der Waals surface area contributed by atoms with E-state index in [-0.39, 0.29) is 11.9 Å². The fourth-order valence-electron chi connectivity index (χ4n) is 2.30. The Morgan fingerprint density at radius 3 is 2.55 bits per heavy atom. The van der Waals surface area contributed by atoms with Gasteiger partial charge in [-0.2, -0.15) is 0 Å². The zero-order valence-corrected chi connectivity index (χ0v) is 12.7. The number of unbranched alkanes of at least 4 members (excludes halogenated alkanes) is 1. The van der Waals surface area contributed by atoms with Crippen LogP contribution in [0, 0.1) is 5.82 Å². The van der Waals surface area contributed by atoms with Gasteiger partial charge in [0.15, 0.2) is 11.6 Å². The molecule has 22 heavy (non-hydrogen) atoms. The highest BCUT2D eigenvalue weighted by Gasteiger charge is 2.12. The summed E-state index contributed by atoms with van der Waals surface area (Å²) < 4.78 is 14.3. The van der Waals surface area contributed by atoms with Gasteiger partial charge in [0.25, 0.3) is 0 Å². The summed E-state index contributed by atoms with van der Waals surface area (Å²) in [5.41, 5.74) is 1.60. The minimum absolute atomic E-state index is 0.301. The van der Waals surface area contributed by atoms with Crippen LogP contribution in [0.4, 0.5) is 4.39 Å². The van der Waals surface area contributed by atoms with E-state index in [1.54, 1.807) is 25.1 Å². The van der Waals surface area contributed by atoms with Gasteiger partial charge in [-0.3, -0.25) is 0 Å². The van der Waals surface area contributed by atoms with Crippen molar-refractivity contribution in [1.29, 1.82) is 0 Å². The van der Waals surface area contributed by atoms with E-state index in [0.29, 0.717) is 11.1 Å². The highest BCUT2D eigenvalue weighted by Crippen LogP contribution is 2.32. The molecule has 1 atom stereocenters. The van der Waals surface area contributed by atoms with E-state index in [2.05, 4.69) is 0 Å². The van der Waals surface area contributed by atoms with Gasteiger partial charge in [-0.15, -0.1) is 0 Å². The zero-order chi connectivity index (χ0) is 15.9. The molecule has 0 radical (unpaired) electrons. The smallest absolute Gasteiger partial charge is 0.173 e. The molecule has 3 heteroatoms. The Balaban J connectivity index is 2.12. The fourth-order valence-corrected chi connectivity index (χ4v) is 2.30. The summed E-state index contributed by atoms with van der Waals surface area (Å²) in [6.45, 7) is 1.76. The van der Waals surface area contributed by atoms with Crippen LogP contribution in [0.2, 0.25) is 0 Å². The van der Waals surface area contributed by atoms with Crippen molar-refractivity contribution >= 4 is 6.08 Å². The van der Waals surface area contributed by atoms with Gasteiger partial charge >= 0.3 is 0 Å². The average molecular weight is 300 g/mol. The second-order valence-corrected chi connectivity index (χ2v) is 5.41. The number of allylic oxidation sites excluding steroid dienone is 1. The zero-order valence-electron chi connectivity index (χ0n) is 12.7. The van der Waals surface area contributed by atoms with Crippen LogP contribution in [-0.2, 0) is 0 Å². The molecule has 0 aliphatic rings. The molecule has 116 valence electrons. The molecule has 0 spiro atoms. The van der Waals surface area contributed by atoms with Crippen molar-refractivity contribution in [2.75, 3.05) is 0 Å². The van der Waals surface area contributed by atoms with Crippen molar-refractivity contribution in [2.45, 2.75) is 32.3 Å². The van der Waals surface area contributed by atoms with Crippen LogP contribution in [0.3, 0.4) is 0 Å². The lowest BCUT2D eigenvalue weighted by Gasteiger charge is -2.07. The number of rotatable bonds is 6. The number of hydrogen-bond donors (Lipinski definition) is 2. The molecular formula is C19H21FO2. The number of aliphatic hydroxyl groups is 1. The molecule has 0 fully saturated rings. The van der Waals surface area contributed by atoms with E-state index in [9.17, 15) is 14.6 Å². The monoisotopic (exact) mass is 300 g/mol. The van der Waals surface area contributed by atoms with Crippen molar-refractivity contribution in [3.63, 3.8) is 0 Å². The summed E-state index contributed by atoms with van der Waals surface area (Å²) in [4.78, 5) is 0. The molecule has 0 amide bonds. The lowest BCUT2D eigenvalue weighted by molar-refractivity contribution is 0.182. The molecule has 0 saturated carbocycles. The maximum absolute atomic E-state index is 14.3. The van der Waals surface area contributed by atoms with Gasteiger partial charge < -0.3 is 10.2 Å². The highest BCUT2D eigenvalue weighted by atomic mass is 19.1. The van der Waals surface area contributed by atoms with Crippen LogP contribution < -0.4 is 0 Å². The molecule has 2 aromatic carbocycles. The predicted octanol–water partition coefficient (Wildman–Crippen LogP) is 4.76. The number of benzene rings is 2. The van der Waals surface area contributed by atoms with Crippen LogP contribution in [0.15, 0.2) is 48.5 Å². The lowest BCUT2D eigenvalue weighted by Crippen LogP contribution is -1.97. The molecule has 1 unspecified atom stereocenters. The molecule has 0 bridgehead atoms. The Kier molecular flexibility index (Phi) is 5.73. The van der Waals surface area contributed by atoms with Gasteiger partial charge in [0, 0.05) is 11.1 Å². The van der Waals surface area contributed by atoms with E-state index in [0.717, 1.165) is 24.8 Å². The van der Waals surface area contributed by atoms with Crippen LogP contribution in [0.25, 0.3) is 17.2 Å². The highest BCUT2D eigenvalue weighted by molar-refractivity contribution is 5.70. The third kappa shape index (κ3) is 4.18. The van der Waals surface area contributed by atoms with Crippen LogP contribution >= 0.6 is 0 Å².